The van der Waals surface area contributed by atoms with E-state index >= 15 is 0 Å². The minimum Gasteiger partial charge on any atom is -0.487 e. The Bertz CT molecular complexity index is 1480. The molecular formula is C32H49F2N3O6Si2. The van der Waals surface area contributed by atoms with Crippen molar-refractivity contribution in [2.45, 2.75) is 104 Å². The standard InChI is InChI=1S/C32H49F2N3O6Si2/c1-8-39-14-13-25-29-26(20-35-37(31(29)38)22-41-16-18-45(5,6)7)36(21-40-15-17-44(2,3)4)30(25)23-9-12-27(43-32(33)34)28(19-23)42-24-10-11-24/h9,12,19-20,24,32H,8,10-11,13-18,21-22H2,1-7H3. The summed E-state index contributed by atoms with van der Waals surface area (Å²) in [6.45, 7) is 15.0. The SMILES string of the molecule is CCOCCc1c(-c2ccc(OC(F)F)c(OC3CC3)c2)n(COCC[Si](C)(C)C)c2cnn(COCC[Si](C)(C)C)c(=O)c12. The fraction of sp³-hybridized carbons (Fsp3) is 0.625. The molecule has 0 radical (unpaired) electrons. The molecular weight excluding hydrogens is 617 g/mol. The number of fused-ring (bicyclic) bond motifs is 1. The van der Waals surface area contributed by atoms with Gasteiger partial charge in [0.2, 0.25) is 0 Å². The first-order valence-electron chi connectivity index (χ1n) is 15.9. The summed E-state index contributed by atoms with van der Waals surface area (Å²) in [4.78, 5) is 14.0. The molecule has 2 aromatic heterocycles. The summed E-state index contributed by atoms with van der Waals surface area (Å²) in [5.41, 5.74) is 2.57. The second kappa shape index (κ2) is 15.3. The van der Waals surface area contributed by atoms with Crippen molar-refractivity contribution in [3.63, 3.8) is 0 Å². The van der Waals surface area contributed by atoms with Gasteiger partial charge >= 0.3 is 6.61 Å². The van der Waals surface area contributed by atoms with Crippen molar-refractivity contribution in [2.75, 3.05) is 26.4 Å². The quantitative estimate of drug-likeness (QED) is 0.0988. The fourth-order valence-electron chi connectivity index (χ4n) is 4.86. The van der Waals surface area contributed by atoms with E-state index in [1.54, 1.807) is 18.3 Å². The van der Waals surface area contributed by atoms with Gasteiger partial charge < -0.3 is 28.3 Å². The molecule has 0 atom stereocenters. The van der Waals surface area contributed by atoms with Crippen LogP contribution in [0, 0.1) is 0 Å². The average Bonchev–Trinajstić information content (AvgIpc) is 3.70. The van der Waals surface area contributed by atoms with E-state index in [1.807, 2.05) is 11.5 Å². The Morgan fingerprint density at radius 3 is 2.20 bits per heavy atom. The van der Waals surface area contributed by atoms with Gasteiger partial charge in [0.15, 0.2) is 11.5 Å². The topological polar surface area (TPSA) is 86.0 Å². The van der Waals surface area contributed by atoms with Gasteiger partial charge in [0.25, 0.3) is 5.56 Å². The van der Waals surface area contributed by atoms with Crippen molar-refractivity contribution in [2.24, 2.45) is 0 Å². The zero-order valence-corrected chi connectivity index (χ0v) is 29.8. The molecule has 9 nitrogen and oxygen atoms in total. The minimum atomic E-state index is -2.98. The number of aromatic nitrogens is 3. The number of halogens is 2. The van der Waals surface area contributed by atoms with Gasteiger partial charge in [-0.25, -0.2) is 4.68 Å². The molecule has 0 aliphatic heterocycles. The van der Waals surface area contributed by atoms with Gasteiger partial charge in [-0.1, -0.05) is 39.3 Å². The number of ether oxygens (including phenoxy) is 5. The number of benzene rings is 1. The smallest absolute Gasteiger partial charge is 0.387 e. The molecule has 250 valence electrons. The highest BCUT2D eigenvalue weighted by Crippen LogP contribution is 2.40. The van der Waals surface area contributed by atoms with Crippen molar-refractivity contribution in [3.8, 4) is 22.8 Å². The van der Waals surface area contributed by atoms with E-state index in [2.05, 4.69) is 44.4 Å². The second-order valence-corrected chi connectivity index (χ2v) is 25.2. The number of alkyl halides is 2. The normalized spacial score (nSPS) is 14.1. The van der Waals surface area contributed by atoms with E-state index in [0.29, 0.717) is 49.3 Å². The highest BCUT2D eigenvalue weighted by atomic mass is 28.3. The van der Waals surface area contributed by atoms with Crippen LogP contribution in [0.1, 0.15) is 25.3 Å². The Hall–Kier alpha value is -2.59. The predicted octanol–water partition coefficient (Wildman–Crippen LogP) is 7.21. The summed E-state index contributed by atoms with van der Waals surface area (Å²) in [6.07, 6.45) is 3.81. The molecule has 4 rings (SSSR count). The van der Waals surface area contributed by atoms with Gasteiger partial charge in [-0.3, -0.25) is 4.79 Å². The first-order chi connectivity index (χ1) is 21.3. The van der Waals surface area contributed by atoms with Crippen LogP contribution in [-0.4, -0.2) is 69.6 Å². The maximum absolute atomic E-state index is 14.0. The van der Waals surface area contributed by atoms with Gasteiger partial charge in [0, 0.05) is 41.5 Å². The summed E-state index contributed by atoms with van der Waals surface area (Å²) >= 11 is 0. The molecule has 0 N–H and O–H groups in total. The zero-order valence-electron chi connectivity index (χ0n) is 27.8. The summed E-state index contributed by atoms with van der Waals surface area (Å²) in [7, 11) is -2.64. The van der Waals surface area contributed by atoms with Gasteiger partial charge in [-0.2, -0.15) is 13.9 Å². The van der Waals surface area contributed by atoms with Crippen molar-refractivity contribution >= 4 is 27.1 Å². The number of hydrogen-bond acceptors (Lipinski definition) is 7. The van der Waals surface area contributed by atoms with Crippen LogP contribution in [-0.2, 0) is 34.1 Å². The Morgan fingerprint density at radius 1 is 0.933 bits per heavy atom. The molecule has 1 aliphatic rings. The molecule has 0 spiro atoms. The van der Waals surface area contributed by atoms with Crippen LogP contribution < -0.4 is 15.0 Å². The second-order valence-electron chi connectivity index (χ2n) is 14.0. The Balaban J connectivity index is 1.83. The van der Waals surface area contributed by atoms with Crippen LogP contribution in [0.15, 0.2) is 29.2 Å². The zero-order chi connectivity index (χ0) is 32.8. The molecule has 0 saturated heterocycles. The van der Waals surface area contributed by atoms with Crippen molar-refractivity contribution in [3.05, 3.63) is 40.3 Å². The molecule has 1 fully saturated rings. The van der Waals surface area contributed by atoms with Crippen LogP contribution in [0.5, 0.6) is 11.5 Å². The molecule has 3 aromatic rings. The lowest BCUT2D eigenvalue weighted by atomic mass is 10.0. The Kier molecular flexibility index (Phi) is 12.0. The number of hydrogen-bond donors (Lipinski definition) is 0. The van der Waals surface area contributed by atoms with Crippen molar-refractivity contribution < 1.29 is 32.5 Å². The third-order valence-corrected chi connectivity index (χ3v) is 11.0. The Labute approximate surface area is 266 Å². The summed E-state index contributed by atoms with van der Waals surface area (Å²) in [5.74, 6) is 0.221. The summed E-state index contributed by atoms with van der Waals surface area (Å²) in [6, 6.07) is 6.91. The molecule has 0 unspecified atom stereocenters. The molecule has 13 heteroatoms. The van der Waals surface area contributed by atoms with Gasteiger partial charge in [0.1, 0.15) is 13.5 Å². The third-order valence-electron chi connectivity index (χ3n) is 7.55. The third kappa shape index (κ3) is 10.2. The Morgan fingerprint density at radius 2 is 1.60 bits per heavy atom. The van der Waals surface area contributed by atoms with Gasteiger partial charge in [0.05, 0.1) is 35.5 Å². The predicted molar refractivity (Wildman–Crippen MR) is 178 cm³/mol. The van der Waals surface area contributed by atoms with Gasteiger partial charge in [-0.15, -0.1) is 0 Å². The molecule has 2 heterocycles. The molecule has 0 bridgehead atoms. The van der Waals surface area contributed by atoms with Gasteiger partial charge in [-0.05, 0) is 62.0 Å². The lowest BCUT2D eigenvalue weighted by Gasteiger charge is -2.18. The van der Waals surface area contributed by atoms with E-state index in [9.17, 15) is 13.6 Å². The first-order valence-corrected chi connectivity index (χ1v) is 23.3. The summed E-state index contributed by atoms with van der Waals surface area (Å²) in [5, 5.41) is 5.00. The largest absolute Gasteiger partial charge is 0.487 e. The van der Waals surface area contributed by atoms with E-state index in [-0.39, 0.29) is 36.6 Å². The lowest BCUT2D eigenvalue weighted by molar-refractivity contribution is -0.0516. The lowest BCUT2D eigenvalue weighted by Crippen LogP contribution is -2.26. The van der Waals surface area contributed by atoms with Crippen LogP contribution >= 0.6 is 0 Å². The average molecular weight is 666 g/mol. The van der Waals surface area contributed by atoms with Crippen LogP contribution in [0.4, 0.5) is 8.78 Å². The van der Waals surface area contributed by atoms with E-state index < -0.39 is 22.8 Å². The maximum atomic E-state index is 14.0. The first kappa shape index (κ1) is 35.3. The van der Waals surface area contributed by atoms with Crippen molar-refractivity contribution in [1.29, 1.82) is 0 Å². The summed E-state index contributed by atoms with van der Waals surface area (Å²) < 4.78 is 58.5. The monoisotopic (exact) mass is 665 g/mol. The van der Waals surface area contributed by atoms with Crippen molar-refractivity contribution in [1.82, 2.24) is 14.3 Å². The highest BCUT2D eigenvalue weighted by Gasteiger charge is 2.28. The number of rotatable bonds is 19. The van der Waals surface area contributed by atoms with Crippen LogP contribution in [0.3, 0.4) is 0 Å². The number of nitrogens with zero attached hydrogens (tertiary/aromatic N) is 3. The molecule has 1 aliphatic carbocycles. The molecule has 1 saturated carbocycles. The maximum Gasteiger partial charge on any atom is 0.387 e. The fourth-order valence-corrected chi connectivity index (χ4v) is 6.37. The molecule has 45 heavy (non-hydrogen) atoms. The highest BCUT2D eigenvalue weighted by molar-refractivity contribution is 6.76. The van der Waals surface area contributed by atoms with Crippen LogP contribution in [0.25, 0.3) is 22.2 Å². The minimum absolute atomic E-state index is 0.0231. The molecule has 0 amide bonds. The van der Waals surface area contributed by atoms with E-state index in [0.717, 1.165) is 36.2 Å². The molecule has 1 aromatic carbocycles. The van der Waals surface area contributed by atoms with E-state index in [4.69, 9.17) is 23.7 Å². The van der Waals surface area contributed by atoms with E-state index in [1.165, 1.54) is 10.7 Å². The van der Waals surface area contributed by atoms with Crippen LogP contribution in [0.2, 0.25) is 51.4 Å².